The van der Waals surface area contributed by atoms with Gasteiger partial charge in [0.25, 0.3) is 0 Å². The van der Waals surface area contributed by atoms with E-state index in [9.17, 15) is 14.0 Å². The van der Waals surface area contributed by atoms with Gasteiger partial charge in [-0.2, -0.15) is 0 Å². The molecule has 2 heterocycles. The molecule has 6 heteroatoms. The minimum atomic E-state index is -0.995. The Kier molecular flexibility index (Phi) is 3.77. The fourth-order valence-corrected chi connectivity index (χ4v) is 4.44. The first-order valence-corrected chi connectivity index (χ1v) is 9.35. The van der Waals surface area contributed by atoms with E-state index < -0.39 is 11.4 Å². The fraction of sp³-hybridized carbons (Fsp3) is 0.174. The molecular formula is C23H17FN2O3. The molecule has 1 amide bonds. The van der Waals surface area contributed by atoms with Crippen LogP contribution in [-0.2, 0) is 16.8 Å². The molecule has 1 N–H and O–H groups in total. The number of amides is 1. The summed E-state index contributed by atoms with van der Waals surface area (Å²) in [5.74, 6) is -1.43. The number of anilines is 1. The van der Waals surface area contributed by atoms with Gasteiger partial charge in [-0.25, -0.2) is 9.18 Å². The van der Waals surface area contributed by atoms with Gasteiger partial charge in [0, 0.05) is 24.0 Å². The van der Waals surface area contributed by atoms with E-state index in [-0.39, 0.29) is 23.2 Å². The minimum Gasteiger partial charge on any atom is -0.478 e. The van der Waals surface area contributed by atoms with E-state index >= 15 is 0 Å². The highest BCUT2D eigenvalue weighted by atomic mass is 19.1. The number of carboxylic acid groups (broad SMARTS) is 1. The van der Waals surface area contributed by atoms with Crippen molar-refractivity contribution in [3.8, 4) is 0 Å². The van der Waals surface area contributed by atoms with Crippen LogP contribution in [0.5, 0.6) is 0 Å². The van der Waals surface area contributed by atoms with Crippen molar-refractivity contribution in [2.75, 3.05) is 4.90 Å². The van der Waals surface area contributed by atoms with Crippen LogP contribution in [0.2, 0.25) is 0 Å². The Balaban J connectivity index is 1.52. The van der Waals surface area contributed by atoms with Crippen molar-refractivity contribution in [3.63, 3.8) is 0 Å². The monoisotopic (exact) mass is 388 g/mol. The first-order chi connectivity index (χ1) is 14.0. The topological polar surface area (TPSA) is 70.5 Å². The van der Waals surface area contributed by atoms with Crippen LogP contribution in [0.25, 0.3) is 0 Å². The van der Waals surface area contributed by atoms with Crippen LogP contribution in [0, 0.1) is 5.82 Å². The average Bonchev–Trinajstić information content (AvgIpc) is 3.45. The molecule has 1 unspecified atom stereocenters. The Labute approximate surface area is 166 Å². The molecule has 0 saturated heterocycles. The molecule has 1 aromatic heterocycles. The largest absolute Gasteiger partial charge is 0.478 e. The number of halogens is 1. The zero-order valence-electron chi connectivity index (χ0n) is 15.4. The van der Waals surface area contributed by atoms with Crippen molar-refractivity contribution in [1.82, 2.24) is 4.98 Å². The maximum Gasteiger partial charge on any atom is 0.335 e. The molecule has 2 aliphatic rings. The van der Waals surface area contributed by atoms with Crippen LogP contribution < -0.4 is 4.90 Å². The van der Waals surface area contributed by atoms with Crippen molar-refractivity contribution in [2.45, 2.75) is 24.3 Å². The molecular weight excluding hydrogens is 371 g/mol. The molecule has 1 aliphatic carbocycles. The predicted octanol–water partition coefficient (Wildman–Crippen LogP) is 3.89. The lowest BCUT2D eigenvalue weighted by atomic mass is 9.92. The van der Waals surface area contributed by atoms with Crippen LogP contribution in [0.1, 0.15) is 39.4 Å². The molecule has 3 aromatic rings. The van der Waals surface area contributed by atoms with Crippen LogP contribution in [0.15, 0.2) is 67.0 Å². The summed E-state index contributed by atoms with van der Waals surface area (Å²) in [5.41, 5.74) is 2.67. The quantitative estimate of drug-likeness (QED) is 0.736. The average molecular weight is 388 g/mol. The Bertz CT molecular complexity index is 1130. The number of carboxylic acids is 1. The number of aromatic nitrogens is 1. The fourth-order valence-electron chi connectivity index (χ4n) is 4.44. The molecule has 5 rings (SSSR count). The maximum atomic E-state index is 14.1. The molecule has 1 fully saturated rings. The van der Waals surface area contributed by atoms with Crippen LogP contribution >= 0.6 is 0 Å². The highest BCUT2D eigenvalue weighted by molar-refractivity contribution is 6.11. The van der Waals surface area contributed by atoms with Gasteiger partial charge in [-0.1, -0.05) is 18.2 Å². The van der Waals surface area contributed by atoms with Crippen molar-refractivity contribution < 1.29 is 19.1 Å². The third-order valence-electron chi connectivity index (χ3n) is 5.95. The standard InChI is InChI=1S/C23H17FN2O3/c24-17-7-8-20-18(10-17)23(11-19(23)16-2-1-9-25-12-16)22(29)26(20)13-14-3-5-15(6-4-14)21(27)28/h1-10,12,19H,11,13H2,(H,27,28)/t19-,23?/m0/s1. The minimum absolute atomic E-state index is 0.0244. The summed E-state index contributed by atoms with van der Waals surface area (Å²) in [6, 6.07) is 14.7. The Morgan fingerprint density at radius 1 is 1.21 bits per heavy atom. The summed E-state index contributed by atoms with van der Waals surface area (Å²) in [5, 5.41) is 9.07. The lowest BCUT2D eigenvalue weighted by Crippen LogP contribution is -2.32. The first-order valence-electron chi connectivity index (χ1n) is 9.35. The summed E-state index contributed by atoms with van der Waals surface area (Å²) in [4.78, 5) is 30.4. The smallest absolute Gasteiger partial charge is 0.335 e. The maximum absolute atomic E-state index is 14.1. The molecule has 1 spiro atoms. The molecule has 29 heavy (non-hydrogen) atoms. The van der Waals surface area contributed by atoms with Gasteiger partial charge in [-0.15, -0.1) is 0 Å². The summed E-state index contributed by atoms with van der Waals surface area (Å²) >= 11 is 0. The molecule has 2 atom stereocenters. The number of hydrogen-bond donors (Lipinski definition) is 1. The third-order valence-corrected chi connectivity index (χ3v) is 5.95. The van der Waals surface area contributed by atoms with E-state index in [0.29, 0.717) is 18.7 Å². The lowest BCUT2D eigenvalue weighted by molar-refractivity contribution is -0.120. The van der Waals surface area contributed by atoms with Gasteiger partial charge in [0.1, 0.15) is 5.82 Å². The summed E-state index contributed by atoms with van der Waals surface area (Å²) in [7, 11) is 0. The number of nitrogens with zero attached hydrogens (tertiary/aromatic N) is 2. The highest BCUT2D eigenvalue weighted by Crippen LogP contribution is 2.66. The van der Waals surface area contributed by atoms with Crippen molar-refractivity contribution >= 4 is 17.6 Å². The number of fused-ring (bicyclic) bond motifs is 2. The molecule has 0 bridgehead atoms. The van der Waals surface area contributed by atoms with Crippen molar-refractivity contribution in [1.29, 1.82) is 0 Å². The number of carbonyl (C=O) groups is 2. The normalized spacial score (nSPS) is 22.0. The van der Waals surface area contributed by atoms with E-state index in [2.05, 4.69) is 4.98 Å². The van der Waals surface area contributed by atoms with E-state index in [1.54, 1.807) is 35.5 Å². The molecule has 2 aromatic carbocycles. The van der Waals surface area contributed by atoms with Gasteiger partial charge in [0.05, 0.1) is 17.5 Å². The molecule has 1 aliphatic heterocycles. The third kappa shape index (κ3) is 2.63. The number of pyridine rings is 1. The van der Waals surface area contributed by atoms with E-state index in [1.165, 1.54) is 24.3 Å². The van der Waals surface area contributed by atoms with Crippen LogP contribution in [-0.4, -0.2) is 22.0 Å². The summed E-state index contributed by atoms with van der Waals surface area (Å²) < 4.78 is 14.1. The van der Waals surface area contributed by atoms with Crippen molar-refractivity contribution in [3.05, 3.63) is 95.1 Å². The first kappa shape index (κ1) is 17.6. The van der Waals surface area contributed by atoms with Gasteiger partial charge < -0.3 is 10.0 Å². The zero-order chi connectivity index (χ0) is 20.2. The number of rotatable bonds is 4. The zero-order valence-corrected chi connectivity index (χ0v) is 15.4. The molecule has 1 saturated carbocycles. The second-order valence-electron chi connectivity index (χ2n) is 7.57. The van der Waals surface area contributed by atoms with E-state index in [0.717, 1.165) is 16.7 Å². The van der Waals surface area contributed by atoms with E-state index in [1.807, 2.05) is 12.1 Å². The highest BCUT2D eigenvalue weighted by Gasteiger charge is 2.67. The molecule has 5 nitrogen and oxygen atoms in total. The van der Waals surface area contributed by atoms with Crippen LogP contribution in [0.3, 0.4) is 0 Å². The predicted molar refractivity (Wildman–Crippen MR) is 104 cm³/mol. The SMILES string of the molecule is O=C(O)c1ccc(CN2C(=O)C3(C[C@H]3c3cccnc3)c3cc(F)ccc32)cc1. The summed E-state index contributed by atoms with van der Waals surface area (Å²) in [6.07, 6.45) is 4.08. The lowest BCUT2D eigenvalue weighted by Gasteiger charge is -2.18. The van der Waals surface area contributed by atoms with Gasteiger partial charge in [0.2, 0.25) is 5.91 Å². The summed E-state index contributed by atoms with van der Waals surface area (Å²) in [6.45, 7) is 0.304. The van der Waals surface area contributed by atoms with Gasteiger partial charge in [-0.3, -0.25) is 9.78 Å². The molecule has 0 radical (unpaired) electrons. The Morgan fingerprint density at radius 2 is 2.00 bits per heavy atom. The number of aromatic carboxylic acids is 1. The second kappa shape index (κ2) is 6.24. The second-order valence-corrected chi connectivity index (χ2v) is 7.57. The Hall–Kier alpha value is -3.54. The van der Waals surface area contributed by atoms with Gasteiger partial charge in [-0.05, 0) is 59.5 Å². The van der Waals surface area contributed by atoms with E-state index in [4.69, 9.17) is 5.11 Å². The number of benzene rings is 2. The number of hydrogen-bond acceptors (Lipinski definition) is 3. The van der Waals surface area contributed by atoms with Crippen molar-refractivity contribution in [2.24, 2.45) is 0 Å². The Morgan fingerprint density at radius 3 is 2.69 bits per heavy atom. The van der Waals surface area contributed by atoms with Gasteiger partial charge in [0.15, 0.2) is 0 Å². The molecule has 144 valence electrons. The van der Waals surface area contributed by atoms with Gasteiger partial charge >= 0.3 is 5.97 Å². The number of carbonyl (C=O) groups excluding carboxylic acids is 1. The van der Waals surface area contributed by atoms with Crippen LogP contribution in [0.4, 0.5) is 10.1 Å².